The maximum absolute atomic E-state index is 11.9. The summed E-state index contributed by atoms with van der Waals surface area (Å²) in [6, 6.07) is 9.91. The van der Waals surface area contributed by atoms with E-state index in [-0.39, 0.29) is 22.0 Å². The molecule has 0 atom stereocenters. The molecular formula is C17H15ClN2O6. The maximum atomic E-state index is 11.9. The Morgan fingerprint density at radius 1 is 1.19 bits per heavy atom. The predicted molar refractivity (Wildman–Crippen MR) is 94.6 cm³/mol. The molecule has 0 fully saturated rings. The predicted octanol–water partition coefficient (Wildman–Crippen LogP) is 3.44. The molecule has 0 saturated heterocycles. The van der Waals surface area contributed by atoms with Crippen molar-refractivity contribution in [2.75, 3.05) is 18.5 Å². The molecule has 1 amide bonds. The fourth-order valence-corrected chi connectivity index (χ4v) is 2.20. The van der Waals surface area contributed by atoms with E-state index >= 15 is 0 Å². The molecule has 0 aliphatic heterocycles. The lowest BCUT2D eigenvalue weighted by molar-refractivity contribution is -0.384. The number of benzene rings is 2. The summed E-state index contributed by atoms with van der Waals surface area (Å²) in [5.41, 5.74) is 0.254. The van der Waals surface area contributed by atoms with E-state index in [0.29, 0.717) is 12.4 Å². The van der Waals surface area contributed by atoms with Crippen molar-refractivity contribution in [2.45, 2.75) is 6.92 Å². The van der Waals surface area contributed by atoms with Gasteiger partial charge in [0.25, 0.3) is 11.6 Å². The van der Waals surface area contributed by atoms with Crippen LogP contribution in [0.25, 0.3) is 0 Å². The minimum atomic E-state index is -0.669. The second kappa shape index (κ2) is 8.82. The second-order valence-electron chi connectivity index (χ2n) is 5.00. The highest BCUT2D eigenvalue weighted by Crippen LogP contribution is 2.26. The number of nitrogens with zero attached hydrogens (tertiary/aromatic N) is 1. The SMILES string of the molecule is CCOc1ccc(C(=O)OCC(=O)Nc2ccc([N+](=O)[O-])cc2Cl)cc1. The van der Waals surface area contributed by atoms with E-state index in [9.17, 15) is 19.7 Å². The van der Waals surface area contributed by atoms with Gasteiger partial charge in [0.2, 0.25) is 0 Å². The Morgan fingerprint density at radius 3 is 2.46 bits per heavy atom. The van der Waals surface area contributed by atoms with Crippen molar-refractivity contribution in [3.8, 4) is 5.75 Å². The van der Waals surface area contributed by atoms with Crippen molar-refractivity contribution in [3.05, 3.63) is 63.2 Å². The largest absolute Gasteiger partial charge is 0.494 e. The topological polar surface area (TPSA) is 108 Å². The number of hydrogen-bond acceptors (Lipinski definition) is 6. The zero-order valence-corrected chi connectivity index (χ0v) is 14.5. The Hall–Kier alpha value is -3.13. The van der Waals surface area contributed by atoms with Crippen LogP contribution in [-0.4, -0.2) is 30.0 Å². The highest BCUT2D eigenvalue weighted by molar-refractivity contribution is 6.34. The van der Waals surface area contributed by atoms with Crippen LogP contribution in [0, 0.1) is 10.1 Å². The first-order valence-electron chi connectivity index (χ1n) is 7.54. The maximum Gasteiger partial charge on any atom is 0.338 e. The summed E-state index contributed by atoms with van der Waals surface area (Å²) in [5.74, 6) is -0.673. The van der Waals surface area contributed by atoms with E-state index in [1.54, 1.807) is 12.1 Å². The zero-order chi connectivity index (χ0) is 19.1. The van der Waals surface area contributed by atoms with Gasteiger partial charge in [0.1, 0.15) is 5.75 Å². The van der Waals surface area contributed by atoms with Crippen molar-refractivity contribution >= 4 is 34.9 Å². The van der Waals surface area contributed by atoms with E-state index in [4.69, 9.17) is 21.1 Å². The molecule has 0 spiro atoms. The summed E-state index contributed by atoms with van der Waals surface area (Å²) >= 11 is 5.88. The summed E-state index contributed by atoms with van der Waals surface area (Å²) in [6.45, 7) is 1.83. The average molecular weight is 379 g/mol. The number of nitro groups is 1. The molecule has 0 heterocycles. The first-order valence-corrected chi connectivity index (χ1v) is 7.92. The number of esters is 1. The van der Waals surface area contributed by atoms with Crippen LogP contribution in [0.1, 0.15) is 17.3 Å². The van der Waals surface area contributed by atoms with Gasteiger partial charge in [-0.05, 0) is 37.3 Å². The highest BCUT2D eigenvalue weighted by atomic mass is 35.5. The molecule has 0 aliphatic carbocycles. The number of amides is 1. The first kappa shape index (κ1) is 19.2. The molecule has 0 unspecified atom stereocenters. The summed E-state index contributed by atoms with van der Waals surface area (Å²) in [4.78, 5) is 33.8. The van der Waals surface area contributed by atoms with E-state index in [1.165, 1.54) is 24.3 Å². The van der Waals surface area contributed by atoms with E-state index < -0.39 is 23.4 Å². The smallest absolute Gasteiger partial charge is 0.338 e. The molecule has 8 nitrogen and oxygen atoms in total. The third-order valence-corrected chi connectivity index (χ3v) is 3.49. The molecular weight excluding hydrogens is 364 g/mol. The molecule has 0 saturated carbocycles. The Bertz CT molecular complexity index is 823. The van der Waals surface area contributed by atoms with Crippen LogP contribution in [0.5, 0.6) is 5.75 Å². The number of carbonyl (C=O) groups is 2. The Kier molecular flexibility index (Phi) is 6.51. The molecule has 136 valence electrons. The van der Waals surface area contributed by atoms with Gasteiger partial charge in [-0.25, -0.2) is 4.79 Å². The summed E-state index contributed by atoms with van der Waals surface area (Å²) in [6.07, 6.45) is 0. The number of nitro benzene ring substituents is 1. The van der Waals surface area contributed by atoms with Crippen LogP contribution in [0.4, 0.5) is 11.4 Å². The number of nitrogens with one attached hydrogen (secondary N) is 1. The fourth-order valence-electron chi connectivity index (χ4n) is 1.97. The quantitative estimate of drug-likeness (QED) is 0.449. The van der Waals surface area contributed by atoms with Crippen LogP contribution in [0.15, 0.2) is 42.5 Å². The minimum absolute atomic E-state index is 0.00499. The van der Waals surface area contributed by atoms with Crippen LogP contribution in [0.2, 0.25) is 5.02 Å². The van der Waals surface area contributed by atoms with Gasteiger partial charge in [-0.1, -0.05) is 11.6 Å². The van der Waals surface area contributed by atoms with Crippen molar-refractivity contribution in [2.24, 2.45) is 0 Å². The minimum Gasteiger partial charge on any atom is -0.494 e. The van der Waals surface area contributed by atoms with Gasteiger partial charge in [-0.3, -0.25) is 14.9 Å². The van der Waals surface area contributed by atoms with Crippen molar-refractivity contribution < 1.29 is 24.0 Å². The van der Waals surface area contributed by atoms with Gasteiger partial charge in [-0.15, -0.1) is 0 Å². The number of hydrogen-bond donors (Lipinski definition) is 1. The Morgan fingerprint density at radius 2 is 1.88 bits per heavy atom. The van der Waals surface area contributed by atoms with E-state index in [1.807, 2.05) is 6.92 Å². The van der Waals surface area contributed by atoms with E-state index in [0.717, 1.165) is 6.07 Å². The van der Waals surface area contributed by atoms with Crippen molar-refractivity contribution in [1.29, 1.82) is 0 Å². The summed E-state index contributed by atoms with van der Waals surface area (Å²) < 4.78 is 10.2. The number of anilines is 1. The summed E-state index contributed by atoms with van der Waals surface area (Å²) in [7, 11) is 0. The molecule has 2 aromatic rings. The molecule has 0 bridgehead atoms. The second-order valence-corrected chi connectivity index (χ2v) is 5.41. The fraction of sp³-hybridized carbons (Fsp3) is 0.176. The molecule has 2 aromatic carbocycles. The summed E-state index contributed by atoms with van der Waals surface area (Å²) in [5, 5.41) is 13.1. The lowest BCUT2D eigenvalue weighted by atomic mass is 10.2. The standard InChI is InChI=1S/C17H15ClN2O6/c1-2-25-13-6-3-11(4-7-13)17(22)26-10-16(21)19-15-8-5-12(20(23)24)9-14(15)18/h3-9H,2,10H2,1H3,(H,19,21). The number of ether oxygens (including phenoxy) is 2. The lowest BCUT2D eigenvalue weighted by Gasteiger charge is -2.08. The van der Waals surface area contributed by atoms with Crippen LogP contribution < -0.4 is 10.1 Å². The van der Waals surface area contributed by atoms with Gasteiger partial charge < -0.3 is 14.8 Å². The Labute approximate surface area is 153 Å². The van der Waals surface area contributed by atoms with Gasteiger partial charge in [0.05, 0.1) is 27.8 Å². The van der Waals surface area contributed by atoms with Crippen molar-refractivity contribution in [1.82, 2.24) is 0 Å². The van der Waals surface area contributed by atoms with E-state index in [2.05, 4.69) is 5.32 Å². The normalized spacial score (nSPS) is 10.1. The number of non-ortho nitro benzene ring substituents is 1. The van der Waals surface area contributed by atoms with Gasteiger partial charge in [0, 0.05) is 12.1 Å². The third-order valence-electron chi connectivity index (χ3n) is 3.17. The zero-order valence-electron chi connectivity index (χ0n) is 13.7. The van der Waals surface area contributed by atoms with Gasteiger partial charge in [-0.2, -0.15) is 0 Å². The molecule has 26 heavy (non-hydrogen) atoms. The monoisotopic (exact) mass is 378 g/mol. The number of carbonyl (C=O) groups excluding carboxylic acids is 2. The average Bonchev–Trinajstić information content (AvgIpc) is 2.62. The molecule has 0 radical (unpaired) electrons. The van der Waals surface area contributed by atoms with Crippen LogP contribution in [-0.2, 0) is 9.53 Å². The van der Waals surface area contributed by atoms with Crippen molar-refractivity contribution in [3.63, 3.8) is 0 Å². The molecule has 9 heteroatoms. The van der Waals surface area contributed by atoms with Gasteiger partial charge >= 0.3 is 5.97 Å². The molecule has 0 aromatic heterocycles. The van der Waals surface area contributed by atoms with Crippen LogP contribution >= 0.6 is 11.6 Å². The van der Waals surface area contributed by atoms with Gasteiger partial charge in [0.15, 0.2) is 6.61 Å². The molecule has 1 N–H and O–H groups in total. The number of rotatable bonds is 7. The first-order chi connectivity index (χ1) is 12.4. The molecule has 2 rings (SSSR count). The highest BCUT2D eigenvalue weighted by Gasteiger charge is 2.14. The lowest BCUT2D eigenvalue weighted by Crippen LogP contribution is -2.21. The number of halogens is 1. The third kappa shape index (κ3) is 5.18. The van der Waals surface area contributed by atoms with Crippen LogP contribution in [0.3, 0.4) is 0 Å². The molecule has 0 aliphatic rings. The Balaban J connectivity index is 1.90.